The SMILES string of the molecule is O=S(=O)(O)C1(CCBr)CC1. The Kier molecular flexibility index (Phi) is 2.09. The third kappa shape index (κ3) is 1.35. The summed E-state index contributed by atoms with van der Waals surface area (Å²) in [7, 11) is -3.78. The Morgan fingerprint density at radius 3 is 2.10 bits per heavy atom. The lowest BCUT2D eigenvalue weighted by Crippen LogP contribution is -2.22. The van der Waals surface area contributed by atoms with Crippen LogP contribution < -0.4 is 0 Å². The lowest BCUT2D eigenvalue weighted by molar-refractivity contribution is 0.461. The highest BCUT2D eigenvalue weighted by molar-refractivity contribution is 9.09. The van der Waals surface area contributed by atoms with Gasteiger partial charge >= 0.3 is 0 Å². The van der Waals surface area contributed by atoms with Crippen LogP contribution in [0.5, 0.6) is 0 Å². The lowest BCUT2D eigenvalue weighted by atomic mass is 10.3. The quantitative estimate of drug-likeness (QED) is 0.584. The third-order valence-corrected chi connectivity index (χ3v) is 4.01. The molecule has 0 amide bonds. The molecule has 1 aliphatic carbocycles. The number of halogens is 1. The number of hydrogen-bond donors (Lipinski definition) is 1. The lowest BCUT2D eigenvalue weighted by Gasteiger charge is -2.07. The number of hydrogen-bond acceptors (Lipinski definition) is 2. The van der Waals surface area contributed by atoms with Crippen LogP contribution in [0.15, 0.2) is 0 Å². The summed E-state index contributed by atoms with van der Waals surface area (Å²) in [6, 6.07) is 0. The van der Waals surface area contributed by atoms with Crippen molar-refractivity contribution in [2.45, 2.75) is 24.0 Å². The normalized spacial score (nSPS) is 22.6. The molecule has 1 N–H and O–H groups in total. The fourth-order valence-corrected chi connectivity index (χ4v) is 2.95. The highest BCUT2D eigenvalue weighted by Crippen LogP contribution is 2.46. The second-order valence-corrected chi connectivity index (χ2v) is 5.21. The molecule has 5 heteroatoms. The molecule has 3 nitrogen and oxygen atoms in total. The van der Waals surface area contributed by atoms with Crippen molar-refractivity contribution in [1.82, 2.24) is 0 Å². The minimum absolute atomic E-state index is 0.520. The first-order valence-corrected chi connectivity index (χ1v) is 5.61. The molecule has 0 unspecified atom stereocenters. The maximum Gasteiger partial charge on any atom is 0.270 e. The second kappa shape index (κ2) is 2.46. The van der Waals surface area contributed by atoms with Gasteiger partial charge in [0.2, 0.25) is 0 Å². The minimum Gasteiger partial charge on any atom is -0.285 e. The molecule has 0 bridgehead atoms. The monoisotopic (exact) mass is 228 g/mol. The number of alkyl halides is 1. The van der Waals surface area contributed by atoms with Crippen LogP contribution in [0.3, 0.4) is 0 Å². The van der Waals surface area contributed by atoms with Crippen LogP contribution in [0.2, 0.25) is 0 Å². The Hall–Kier alpha value is 0.390. The van der Waals surface area contributed by atoms with Crippen LogP contribution in [0.1, 0.15) is 19.3 Å². The van der Waals surface area contributed by atoms with Crippen LogP contribution in [0.4, 0.5) is 0 Å². The van der Waals surface area contributed by atoms with Gasteiger partial charge in [-0.05, 0) is 19.3 Å². The zero-order valence-electron chi connectivity index (χ0n) is 5.38. The van der Waals surface area contributed by atoms with Gasteiger partial charge in [0.1, 0.15) is 0 Å². The van der Waals surface area contributed by atoms with E-state index in [-0.39, 0.29) is 0 Å². The number of rotatable bonds is 3. The van der Waals surface area contributed by atoms with E-state index in [1.807, 2.05) is 0 Å². The molecular weight excluding hydrogens is 220 g/mol. The molecule has 0 aromatic heterocycles. The maximum absolute atomic E-state index is 10.6. The van der Waals surface area contributed by atoms with Crippen molar-refractivity contribution >= 4 is 26.0 Å². The molecule has 0 radical (unpaired) electrons. The summed E-state index contributed by atoms with van der Waals surface area (Å²) in [5.41, 5.74) is 0. The van der Waals surface area contributed by atoms with E-state index >= 15 is 0 Å². The van der Waals surface area contributed by atoms with E-state index in [2.05, 4.69) is 15.9 Å². The molecular formula is C5H9BrO3S. The fraction of sp³-hybridized carbons (Fsp3) is 1.00. The van der Waals surface area contributed by atoms with Gasteiger partial charge in [0.15, 0.2) is 0 Å². The van der Waals surface area contributed by atoms with Gasteiger partial charge in [-0.25, -0.2) is 0 Å². The summed E-state index contributed by atoms with van der Waals surface area (Å²) in [5.74, 6) is 0. The third-order valence-electron chi connectivity index (χ3n) is 1.90. The minimum atomic E-state index is -3.78. The predicted molar refractivity (Wildman–Crippen MR) is 41.9 cm³/mol. The predicted octanol–water partition coefficient (Wildman–Crippen LogP) is 1.19. The Balaban J connectivity index is 2.71. The van der Waals surface area contributed by atoms with Crippen molar-refractivity contribution in [3.05, 3.63) is 0 Å². The molecule has 1 fully saturated rings. The van der Waals surface area contributed by atoms with Crippen LogP contribution in [0, 0.1) is 0 Å². The van der Waals surface area contributed by atoms with Crippen molar-refractivity contribution in [2.75, 3.05) is 5.33 Å². The first-order chi connectivity index (χ1) is 4.52. The van der Waals surface area contributed by atoms with Crippen LogP contribution >= 0.6 is 15.9 Å². The first kappa shape index (κ1) is 8.49. The van der Waals surface area contributed by atoms with Gasteiger partial charge in [-0.2, -0.15) is 8.42 Å². The highest BCUT2D eigenvalue weighted by Gasteiger charge is 2.53. The van der Waals surface area contributed by atoms with Crippen LogP contribution in [0.25, 0.3) is 0 Å². The summed E-state index contributed by atoms with van der Waals surface area (Å²) < 4.78 is 29.2. The van der Waals surface area contributed by atoms with Gasteiger partial charge < -0.3 is 0 Å². The summed E-state index contributed by atoms with van der Waals surface area (Å²) in [5, 5.41) is 0.632. The van der Waals surface area contributed by atoms with Gasteiger partial charge in [-0.15, -0.1) is 0 Å². The first-order valence-electron chi connectivity index (χ1n) is 3.05. The molecule has 0 aromatic carbocycles. The standard InChI is InChI=1S/C5H9BrO3S/c6-4-3-5(1-2-5)10(7,8)9/h1-4H2,(H,7,8,9). The van der Waals surface area contributed by atoms with E-state index in [9.17, 15) is 8.42 Å². The molecule has 0 aliphatic heterocycles. The van der Waals surface area contributed by atoms with Crippen LogP contribution in [-0.2, 0) is 10.1 Å². The Morgan fingerprint density at radius 1 is 1.50 bits per heavy atom. The smallest absolute Gasteiger partial charge is 0.270 e. The van der Waals surface area contributed by atoms with E-state index < -0.39 is 14.9 Å². The van der Waals surface area contributed by atoms with Gasteiger partial charge in [0.25, 0.3) is 10.1 Å². The molecule has 0 heterocycles. The topological polar surface area (TPSA) is 54.4 Å². The van der Waals surface area contributed by atoms with E-state index in [4.69, 9.17) is 4.55 Å². The molecule has 60 valence electrons. The highest BCUT2D eigenvalue weighted by atomic mass is 79.9. The molecule has 0 aromatic rings. The fourth-order valence-electron chi connectivity index (χ4n) is 0.949. The largest absolute Gasteiger partial charge is 0.285 e. The Morgan fingerprint density at radius 2 is 2.00 bits per heavy atom. The van der Waals surface area contributed by atoms with Crippen molar-refractivity contribution in [2.24, 2.45) is 0 Å². The van der Waals surface area contributed by atoms with E-state index in [1.54, 1.807) is 0 Å². The molecule has 1 saturated carbocycles. The van der Waals surface area contributed by atoms with Gasteiger partial charge in [-0.1, -0.05) is 15.9 Å². The molecule has 0 spiro atoms. The summed E-state index contributed by atoms with van der Waals surface area (Å²) >= 11 is 3.14. The van der Waals surface area contributed by atoms with Crippen molar-refractivity contribution in [3.8, 4) is 0 Å². The summed E-state index contributed by atoms with van der Waals surface area (Å²) in [6.07, 6.45) is 1.74. The Bertz CT molecular complexity index is 217. The molecule has 1 aliphatic rings. The van der Waals surface area contributed by atoms with Crippen molar-refractivity contribution in [1.29, 1.82) is 0 Å². The van der Waals surface area contributed by atoms with E-state index in [0.717, 1.165) is 0 Å². The van der Waals surface area contributed by atoms with E-state index in [1.165, 1.54) is 0 Å². The summed E-state index contributed by atoms with van der Waals surface area (Å²) in [4.78, 5) is 0. The van der Waals surface area contributed by atoms with Gasteiger partial charge in [-0.3, -0.25) is 4.55 Å². The van der Waals surface area contributed by atoms with Crippen LogP contribution in [-0.4, -0.2) is 23.0 Å². The van der Waals surface area contributed by atoms with Gasteiger partial charge in [0, 0.05) is 5.33 Å². The Labute approximate surface area is 68.7 Å². The second-order valence-electron chi connectivity index (χ2n) is 2.60. The molecule has 0 atom stereocenters. The molecule has 0 saturated heterocycles. The average Bonchev–Trinajstić information content (AvgIpc) is 2.45. The zero-order valence-corrected chi connectivity index (χ0v) is 7.78. The summed E-state index contributed by atoms with van der Waals surface area (Å²) in [6.45, 7) is 0. The van der Waals surface area contributed by atoms with Crippen molar-refractivity contribution in [3.63, 3.8) is 0 Å². The zero-order chi connectivity index (χ0) is 7.83. The van der Waals surface area contributed by atoms with Gasteiger partial charge in [0.05, 0.1) is 4.75 Å². The maximum atomic E-state index is 10.6. The van der Waals surface area contributed by atoms with E-state index in [0.29, 0.717) is 24.6 Å². The molecule has 10 heavy (non-hydrogen) atoms. The molecule has 1 rings (SSSR count). The van der Waals surface area contributed by atoms with Crippen molar-refractivity contribution < 1.29 is 13.0 Å². The average molecular weight is 229 g/mol.